The molecule has 2 aromatic heterocycles. The van der Waals surface area contributed by atoms with Crippen molar-refractivity contribution in [3.63, 3.8) is 0 Å². The van der Waals surface area contributed by atoms with Crippen LogP contribution in [0.25, 0.3) is 77.1 Å². The van der Waals surface area contributed by atoms with E-state index in [1.165, 1.54) is 11.1 Å². The smallest absolute Gasteiger partial charge is 0.232 e. The Morgan fingerprint density at radius 1 is 0.456 bits per heavy atom. The number of nitrogens with zero attached hydrogens (tertiary/aromatic N) is 4. The SMILES string of the molecule is C=N/C(=N\C(=N/Cc1ccccc1)n1c2ccccc2c2cc(-c3ccc4c(c3)oc3ccc(-c5ccccc5)cc34)ccc21)c1ccc(-c2ccccc2)cc1. The maximum Gasteiger partial charge on any atom is 0.232 e. The predicted octanol–water partition coefficient (Wildman–Crippen LogP) is 13.2. The van der Waals surface area contributed by atoms with Crippen molar-refractivity contribution in [2.24, 2.45) is 15.0 Å². The average molecular weight is 733 g/mol. The van der Waals surface area contributed by atoms with Crippen LogP contribution in [0.3, 0.4) is 0 Å². The Morgan fingerprint density at radius 3 is 1.77 bits per heavy atom. The van der Waals surface area contributed by atoms with Crippen LogP contribution < -0.4 is 0 Å². The van der Waals surface area contributed by atoms with Crippen molar-refractivity contribution in [2.45, 2.75) is 6.54 Å². The van der Waals surface area contributed by atoms with E-state index in [-0.39, 0.29) is 0 Å². The molecule has 2 heterocycles. The van der Waals surface area contributed by atoms with Gasteiger partial charge in [0.05, 0.1) is 17.6 Å². The minimum absolute atomic E-state index is 0.452. The minimum atomic E-state index is 0.452. The fourth-order valence-corrected chi connectivity index (χ4v) is 7.76. The van der Waals surface area contributed by atoms with Crippen molar-refractivity contribution >= 4 is 62.3 Å². The van der Waals surface area contributed by atoms with Crippen molar-refractivity contribution < 1.29 is 4.42 Å². The molecule has 0 atom stereocenters. The van der Waals surface area contributed by atoms with E-state index in [0.717, 1.165) is 77.1 Å². The lowest BCUT2D eigenvalue weighted by Gasteiger charge is -2.10. The summed E-state index contributed by atoms with van der Waals surface area (Å²) in [6.07, 6.45) is 0. The van der Waals surface area contributed by atoms with Gasteiger partial charge >= 0.3 is 0 Å². The van der Waals surface area contributed by atoms with E-state index in [4.69, 9.17) is 14.4 Å². The largest absolute Gasteiger partial charge is 0.456 e. The lowest BCUT2D eigenvalue weighted by atomic mass is 10.00. The van der Waals surface area contributed by atoms with Crippen LogP contribution in [0.1, 0.15) is 11.1 Å². The molecule has 0 saturated carbocycles. The second-order valence-electron chi connectivity index (χ2n) is 14.1. The molecule has 5 nitrogen and oxygen atoms in total. The van der Waals surface area contributed by atoms with Gasteiger partial charge in [0.1, 0.15) is 11.2 Å². The van der Waals surface area contributed by atoms with Crippen LogP contribution in [0.4, 0.5) is 0 Å². The van der Waals surface area contributed by atoms with Gasteiger partial charge in [-0.3, -0.25) is 4.57 Å². The maximum absolute atomic E-state index is 6.43. The molecule has 0 aliphatic heterocycles. The average Bonchev–Trinajstić information content (AvgIpc) is 3.82. The van der Waals surface area contributed by atoms with Crippen LogP contribution in [-0.4, -0.2) is 23.1 Å². The Hall–Kier alpha value is -7.63. The summed E-state index contributed by atoms with van der Waals surface area (Å²) >= 11 is 0. The molecule has 5 heteroatoms. The van der Waals surface area contributed by atoms with Gasteiger partial charge in [-0.2, -0.15) is 4.99 Å². The van der Waals surface area contributed by atoms with Gasteiger partial charge in [0.25, 0.3) is 0 Å². The summed E-state index contributed by atoms with van der Waals surface area (Å²) in [4.78, 5) is 14.8. The molecule has 8 aromatic carbocycles. The number of hydrogen-bond donors (Lipinski definition) is 0. The van der Waals surface area contributed by atoms with Crippen LogP contribution >= 0.6 is 0 Å². The van der Waals surface area contributed by atoms with E-state index in [9.17, 15) is 0 Å². The van der Waals surface area contributed by atoms with E-state index in [1.54, 1.807) is 0 Å². The highest BCUT2D eigenvalue weighted by Gasteiger charge is 2.18. The van der Waals surface area contributed by atoms with Gasteiger partial charge in [0.2, 0.25) is 5.96 Å². The summed E-state index contributed by atoms with van der Waals surface area (Å²) in [5.41, 5.74) is 12.5. The van der Waals surface area contributed by atoms with Crippen LogP contribution in [-0.2, 0) is 6.54 Å². The summed E-state index contributed by atoms with van der Waals surface area (Å²) in [5.74, 6) is 1.03. The van der Waals surface area contributed by atoms with Gasteiger partial charge in [0, 0.05) is 27.1 Å². The first-order valence-electron chi connectivity index (χ1n) is 19.1. The zero-order valence-electron chi connectivity index (χ0n) is 31.1. The predicted molar refractivity (Wildman–Crippen MR) is 239 cm³/mol. The van der Waals surface area contributed by atoms with E-state index in [0.29, 0.717) is 18.3 Å². The van der Waals surface area contributed by atoms with E-state index in [1.807, 2.05) is 54.6 Å². The Morgan fingerprint density at radius 2 is 1.02 bits per heavy atom. The molecule has 10 rings (SSSR count). The number of rotatable bonds is 6. The molecule has 0 aliphatic carbocycles. The van der Waals surface area contributed by atoms with Gasteiger partial charge < -0.3 is 4.42 Å². The fraction of sp³-hybridized carbons (Fsp3) is 0.0192. The number of furan rings is 1. The van der Waals surface area contributed by atoms with Gasteiger partial charge in [-0.25, -0.2) is 9.98 Å². The highest BCUT2D eigenvalue weighted by molar-refractivity contribution is 6.17. The third-order valence-corrected chi connectivity index (χ3v) is 10.6. The molecule has 270 valence electrons. The molecule has 0 radical (unpaired) electrons. The Labute approximate surface area is 330 Å². The lowest BCUT2D eigenvalue weighted by molar-refractivity contribution is 0.669. The molecule has 0 spiro atoms. The van der Waals surface area contributed by atoms with Crippen LogP contribution in [0.2, 0.25) is 0 Å². The highest BCUT2D eigenvalue weighted by atomic mass is 16.3. The van der Waals surface area contributed by atoms with Crippen molar-refractivity contribution in [3.05, 3.63) is 205 Å². The first kappa shape index (κ1) is 33.9. The minimum Gasteiger partial charge on any atom is -0.456 e. The van der Waals surface area contributed by atoms with E-state index in [2.05, 4.69) is 156 Å². The molecule has 10 aromatic rings. The molecule has 0 amide bonds. The number of hydrogen-bond acceptors (Lipinski definition) is 2. The maximum atomic E-state index is 6.43. The summed E-state index contributed by atoms with van der Waals surface area (Å²) in [6.45, 7) is 4.39. The Bertz CT molecular complexity index is 3140. The van der Waals surface area contributed by atoms with Crippen molar-refractivity contribution in [1.82, 2.24) is 4.57 Å². The van der Waals surface area contributed by atoms with Crippen LogP contribution in [0.5, 0.6) is 0 Å². The van der Waals surface area contributed by atoms with Gasteiger partial charge in [0.15, 0.2) is 5.84 Å². The molecule has 0 bridgehead atoms. The molecule has 0 unspecified atom stereocenters. The number of amidine groups is 1. The van der Waals surface area contributed by atoms with Gasteiger partial charge in [-0.05, 0) is 88.1 Å². The topological polar surface area (TPSA) is 55.1 Å². The van der Waals surface area contributed by atoms with Crippen LogP contribution in [0.15, 0.2) is 214 Å². The zero-order valence-corrected chi connectivity index (χ0v) is 31.1. The second kappa shape index (κ2) is 14.5. The molecule has 0 aliphatic rings. The van der Waals surface area contributed by atoms with Gasteiger partial charge in [-0.15, -0.1) is 0 Å². The summed E-state index contributed by atoms with van der Waals surface area (Å²) in [5, 5.41) is 4.42. The third-order valence-electron chi connectivity index (χ3n) is 10.6. The van der Waals surface area contributed by atoms with Crippen molar-refractivity contribution in [2.75, 3.05) is 0 Å². The first-order valence-corrected chi connectivity index (χ1v) is 19.1. The molecule has 0 saturated heterocycles. The third kappa shape index (κ3) is 6.41. The molecule has 0 fully saturated rings. The zero-order chi connectivity index (χ0) is 38.1. The van der Waals surface area contributed by atoms with Crippen molar-refractivity contribution in [3.8, 4) is 33.4 Å². The first-order chi connectivity index (χ1) is 28.2. The Balaban J connectivity index is 1.08. The van der Waals surface area contributed by atoms with Crippen LogP contribution in [0, 0.1) is 0 Å². The monoisotopic (exact) mass is 732 g/mol. The summed E-state index contributed by atoms with van der Waals surface area (Å²) in [7, 11) is 0. The summed E-state index contributed by atoms with van der Waals surface area (Å²) < 4.78 is 8.57. The van der Waals surface area contributed by atoms with Gasteiger partial charge in [-0.1, -0.05) is 152 Å². The van der Waals surface area contributed by atoms with E-state index < -0.39 is 0 Å². The Kier molecular flexibility index (Phi) is 8.65. The lowest BCUT2D eigenvalue weighted by Crippen LogP contribution is -2.13. The standard InChI is InChI=1S/C52H36N4O/c1-53-51(39-23-21-38(22-24-39)36-15-7-3-8-16-36)55-52(54-34-35-13-5-2-6-14-35)56-47-20-12-11-19-43(47)45-31-41(26-29-48(45)56)42-25-28-44-46-32-40(37-17-9-4-10-18-37)27-30-49(46)57-50(44)33-42/h2-33H,1,34H2/b54-52+,55-51-. The molecule has 57 heavy (non-hydrogen) atoms. The molecular formula is C52H36N4O. The normalized spacial score (nSPS) is 12.2. The number of benzene rings is 8. The number of fused-ring (bicyclic) bond motifs is 6. The number of para-hydroxylation sites is 1. The summed E-state index contributed by atoms with van der Waals surface area (Å²) in [6, 6.07) is 67.3. The van der Waals surface area contributed by atoms with Crippen molar-refractivity contribution in [1.29, 1.82) is 0 Å². The quantitative estimate of drug-likeness (QED) is 0.124. The fourth-order valence-electron chi connectivity index (χ4n) is 7.76. The van der Waals surface area contributed by atoms with E-state index >= 15 is 0 Å². The molecular weight excluding hydrogens is 697 g/mol. The highest BCUT2D eigenvalue weighted by Crippen LogP contribution is 2.37. The second-order valence-corrected chi connectivity index (χ2v) is 14.1. The number of aliphatic imine (C=N–C) groups is 3. The molecule has 0 N–H and O–H groups in total. The number of aromatic nitrogens is 1.